The first-order valence-electron chi connectivity index (χ1n) is 9.55. The molecule has 0 spiro atoms. The summed E-state index contributed by atoms with van der Waals surface area (Å²) in [4.78, 5) is 18.5. The number of amides is 1. The number of carbonyl (C=O) groups excluding carboxylic acids is 1. The van der Waals surface area contributed by atoms with Gasteiger partial charge in [-0.3, -0.25) is 9.78 Å². The molecule has 1 aliphatic rings. The van der Waals surface area contributed by atoms with Gasteiger partial charge < -0.3 is 10.6 Å². The van der Waals surface area contributed by atoms with Gasteiger partial charge in [-0.25, -0.2) is 0 Å². The summed E-state index contributed by atoms with van der Waals surface area (Å²) in [5, 5.41) is 18.6. The third kappa shape index (κ3) is 4.23. The SMILES string of the molecule is CCn1nnc(-c2cccc(NC(=O)c3cncc(CC4CCNC4)c3)c2)n1. The van der Waals surface area contributed by atoms with Gasteiger partial charge in [0.1, 0.15) is 0 Å². The van der Waals surface area contributed by atoms with Gasteiger partial charge in [-0.2, -0.15) is 4.80 Å². The number of anilines is 1. The maximum absolute atomic E-state index is 12.7. The first-order chi connectivity index (χ1) is 13.7. The molecular weight excluding hydrogens is 354 g/mol. The number of aromatic nitrogens is 5. The summed E-state index contributed by atoms with van der Waals surface area (Å²) in [6.45, 7) is 4.70. The molecule has 0 radical (unpaired) electrons. The monoisotopic (exact) mass is 377 g/mol. The lowest BCUT2D eigenvalue weighted by Gasteiger charge is -2.10. The van der Waals surface area contributed by atoms with Crippen LogP contribution in [0.1, 0.15) is 29.3 Å². The van der Waals surface area contributed by atoms with E-state index in [0.717, 1.165) is 30.6 Å². The number of hydrogen-bond acceptors (Lipinski definition) is 6. The van der Waals surface area contributed by atoms with Crippen LogP contribution in [0, 0.1) is 5.92 Å². The van der Waals surface area contributed by atoms with E-state index in [1.807, 2.05) is 43.5 Å². The molecule has 0 saturated carbocycles. The van der Waals surface area contributed by atoms with Crippen molar-refractivity contribution >= 4 is 11.6 Å². The normalized spacial score (nSPS) is 16.2. The van der Waals surface area contributed by atoms with E-state index in [1.165, 1.54) is 11.2 Å². The molecule has 0 bridgehead atoms. The lowest BCUT2D eigenvalue weighted by atomic mass is 9.99. The minimum absolute atomic E-state index is 0.179. The Morgan fingerprint density at radius 2 is 2.25 bits per heavy atom. The molecule has 8 nitrogen and oxygen atoms in total. The molecule has 4 rings (SSSR count). The van der Waals surface area contributed by atoms with Crippen LogP contribution in [0.5, 0.6) is 0 Å². The highest BCUT2D eigenvalue weighted by Crippen LogP contribution is 2.20. The minimum Gasteiger partial charge on any atom is -0.322 e. The van der Waals surface area contributed by atoms with Gasteiger partial charge >= 0.3 is 0 Å². The lowest BCUT2D eigenvalue weighted by molar-refractivity contribution is 0.102. The standard InChI is InChI=1S/C20H23N7O/c1-2-27-25-19(24-26-27)16-4-3-5-18(10-16)23-20(28)17-9-15(12-22-13-17)8-14-6-7-21-11-14/h3-5,9-10,12-14,21H,2,6-8,11H2,1H3,(H,23,28). The number of nitrogens with zero attached hydrogens (tertiary/aromatic N) is 5. The molecule has 144 valence electrons. The van der Waals surface area contributed by atoms with E-state index in [2.05, 4.69) is 31.0 Å². The zero-order valence-corrected chi connectivity index (χ0v) is 15.8. The van der Waals surface area contributed by atoms with Gasteiger partial charge in [-0.05, 0) is 67.7 Å². The second-order valence-electron chi connectivity index (χ2n) is 6.98. The van der Waals surface area contributed by atoms with E-state index < -0.39 is 0 Å². The van der Waals surface area contributed by atoms with E-state index in [-0.39, 0.29) is 5.91 Å². The lowest BCUT2D eigenvalue weighted by Crippen LogP contribution is -2.14. The molecule has 2 aromatic heterocycles. The van der Waals surface area contributed by atoms with E-state index in [0.29, 0.717) is 29.5 Å². The Morgan fingerprint density at radius 3 is 3.04 bits per heavy atom. The Bertz CT molecular complexity index is 962. The average molecular weight is 377 g/mol. The van der Waals surface area contributed by atoms with Crippen molar-refractivity contribution in [3.63, 3.8) is 0 Å². The fourth-order valence-electron chi connectivity index (χ4n) is 3.38. The molecule has 1 aromatic carbocycles. The van der Waals surface area contributed by atoms with Crippen LogP contribution in [0.2, 0.25) is 0 Å². The quantitative estimate of drug-likeness (QED) is 0.683. The Balaban J connectivity index is 1.46. The molecule has 1 saturated heterocycles. The van der Waals surface area contributed by atoms with Crippen molar-refractivity contribution in [2.45, 2.75) is 26.3 Å². The first kappa shape index (κ1) is 18.2. The summed E-state index contributed by atoms with van der Waals surface area (Å²) in [7, 11) is 0. The summed E-state index contributed by atoms with van der Waals surface area (Å²) in [5.74, 6) is 0.967. The van der Waals surface area contributed by atoms with Gasteiger partial charge in [-0.15, -0.1) is 10.2 Å². The number of carbonyl (C=O) groups is 1. The third-order valence-corrected chi connectivity index (χ3v) is 4.86. The van der Waals surface area contributed by atoms with Crippen LogP contribution in [0.25, 0.3) is 11.4 Å². The molecule has 3 heterocycles. The number of hydrogen-bond donors (Lipinski definition) is 2. The largest absolute Gasteiger partial charge is 0.322 e. The van der Waals surface area contributed by atoms with E-state index in [1.54, 1.807) is 6.20 Å². The van der Waals surface area contributed by atoms with Crippen LogP contribution in [-0.2, 0) is 13.0 Å². The second kappa shape index (κ2) is 8.26. The van der Waals surface area contributed by atoms with E-state index in [4.69, 9.17) is 0 Å². The Hall–Kier alpha value is -3.13. The van der Waals surface area contributed by atoms with Crippen LogP contribution in [0.15, 0.2) is 42.7 Å². The van der Waals surface area contributed by atoms with Crippen molar-refractivity contribution in [2.75, 3.05) is 18.4 Å². The Kier molecular flexibility index (Phi) is 5.38. The van der Waals surface area contributed by atoms with E-state index >= 15 is 0 Å². The first-order valence-corrected chi connectivity index (χ1v) is 9.55. The van der Waals surface area contributed by atoms with Gasteiger partial charge in [0.05, 0.1) is 12.1 Å². The number of nitrogens with one attached hydrogen (secondary N) is 2. The number of rotatable bonds is 6. The van der Waals surface area contributed by atoms with Crippen molar-refractivity contribution in [2.24, 2.45) is 5.92 Å². The smallest absolute Gasteiger partial charge is 0.257 e. The van der Waals surface area contributed by atoms with E-state index in [9.17, 15) is 4.79 Å². The topological polar surface area (TPSA) is 97.6 Å². The third-order valence-electron chi connectivity index (χ3n) is 4.86. The van der Waals surface area contributed by atoms with Crippen LogP contribution in [0.3, 0.4) is 0 Å². The summed E-state index contributed by atoms with van der Waals surface area (Å²) in [5.41, 5.74) is 3.14. The van der Waals surface area contributed by atoms with Crippen molar-refractivity contribution in [1.82, 2.24) is 30.5 Å². The number of aryl methyl sites for hydroxylation is 1. The molecule has 28 heavy (non-hydrogen) atoms. The average Bonchev–Trinajstić information content (AvgIpc) is 3.40. The predicted molar refractivity (Wildman–Crippen MR) is 106 cm³/mol. The van der Waals surface area contributed by atoms with Gasteiger partial charge in [0.25, 0.3) is 5.91 Å². The summed E-state index contributed by atoms with van der Waals surface area (Å²) in [6, 6.07) is 9.37. The van der Waals surface area contributed by atoms with Crippen molar-refractivity contribution in [3.05, 3.63) is 53.9 Å². The van der Waals surface area contributed by atoms with Crippen LogP contribution >= 0.6 is 0 Å². The highest BCUT2D eigenvalue weighted by atomic mass is 16.1. The number of benzene rings is 1. The highest BCUT2D eigenvalue weighted by Gasteiger charge is 2.16. The predicted octanol–water partition coefficient (Wildman–Crippen LogP) is 2.16. The Labute approximate surface area is 163 Å². The van der Waals surface area contributed by atoms with Gasteiger partial charge in [-0.1, -0.05) is 12.1 Å². The molecule has 0 aliphatic carbocycles. The van der Waals surface area contributed by atoms with Crippen molar-refractivity contribution in [3.8, 4) is 11.4 Å². The molecule has 1 atom stereocenters. The second-order valence-corrected chi connectivity index (χ2v) is 6.98. The van der Waals surface area contributed by atoms with Crippen LogP contribution < -0.4 is 10.6 Å². The van der Waals surface area contributed by atoms with Crippen LogP contribution in [-0.4, -0.2) is 44.2 Å². The van der Waals surface area contributed by atoms with Gasteiger partial charge in [0.15, 0.2) is 0 Å². The molecule has 3 aromatic rings. The maximum atomic E-state index is 12.7. The number of pyridine rings is 1. The highest BCUT2D eigenvalue weighted by molar-refractivity contribution is 6.04. The molecule has 1 amide bonds. The fraction of sp³-hybridized carbons (Fsp3) is 0.350. The summed E-state index contributed by atoms with van der Waals surface area (Å²) >= 11 is 0. The molecule has 1 unspecified atom stereocenters. The van der Waals surface area contributed by atoms with Gasteiger partial charge in [0, 0.05) is 23.6 Å². The number of tetrazole rings is 1. The summed E-state index contributed by atoms with van der Waals surface area (Å²) < 4.78 is 0. The maximum Gasteiger partial charge on any atom is 0.257 e. The molecule has 8 heteroatoms. The van der Waals surface area contributed by atoms with Gasteiger partial charge in [0.2, 0.25) is 5.82 Å². The zero-order valence-electron chi connectivity index (χ0n) is 15.8. The van der Waals surface area contributed by atoms with Crippen LogP contribution in [0.4, 0.5) is 5.69 Å². The molecule has 1 aliphatic heterocycles. The molecule has 1 fully saturated rings. The summed E-state index contributed by atoms with van der Waals surface area (Å²) in [6.07, 6.45) is 5.55. The minimum atomic E-state index is -0.179. The van der Waals surface area contributed by atoms with Crippen molar-refractivity contribution in [1.29, 1.82) is 0 Å². The molecule has 2 N–H and O–H groups in total. The fourth-order valence-corrected chi connectivity index (χ4v) is 3.38. The van der Waals surface area contributed by atoms with Crippen molar-refractivity contribution < 1.29 is 4.79 Å². The zero-order chi connectivity index (χ0) is 19.3. The Morgan fingerprint density at radius 1 is 1.32 bits per heavy atom. The molecular formula is C20H23N7O.